The maximum Gasteiger partial charge on any atom is 0.337 e. The molecular weight excluding hydrogens is 276 g/mol. The van der Waals surface area contributed by atoms with Gasteiger partial charge in [0.2, 0.25) is 0 Å². The first kappa shape index (κ1) is 13.8. The number of amidine groups is 1. The van der Waals surface area contributed by atoms with Gasteiger partial charge >= 0.3 is 5.97 Å². The summed E-state index contributed by atoms with van der Waals surface area (Å²) < 4.78 is 0. The second-order valence-electron chi connectivity index (χ2n) is 3.73. The molecule has 1 heterocycles. The van der Waals surface area contributed by atoms with Crippen LogP contribution in [0.25, 0.3) is 10.9 Å². The number of aliphatic imine (C=N–C) groups is 1. The van der Waals surface area contributed by atoms with Crippen molar-refractivity contribution in [3.63, 3.8) is 0 Å². The maximum atomic E-state index is 11.0. The Morgan fingerprint density at radius 1 is 1.55 bits per heavy atom. The van der Waals surface area contributed by atoms with Crippen LogP contribution in [-0.2, 0) is 0 Å². The third-order valence-electron chi connectivity index (χ3n) is 2.53. The lowest BCUT2D eigenvalue weighted by atomic mass is 10.1. The van der Waals surface area contributed by atoms with E-state index in [1.54, 1.807) is 30.6 Å². The molecule has 0 aliphatic carbocycles. The molecule has 0 radical (unpaired) electrons. The van der Waals surface area contributed by atoms with Crippen LogP contribution in [0.4, 0.5) is 5.69 Å². The lowest BCUT2D eigenvalue weighted by Gasteiger charge is -2.04. The number of benzene rings is 1. The van der Waals surface area contributed by atoms with Gasteiger partial charge in [0.25, 0.3) is 0 Å². The molecule has 0 bridgehead atoms. The van der Waals surface area contributed by atoms with Crippen molar-refractivity contribution >= 4 is 39.5 Å². The van der Waals surface area contributed by atoms with E-state index in [4.69, 9.17) is 10.4 Å². The molecule has 0 aliphatic heterocycles. The van der Waals surface area contributed by atoms with E-state index in [9.17, 15) is 4.79 Å². The number of carboxylic acids is 1. The zero-order chi connectivity index (χ0) is 14.5. The van der Waals surface area contributed by atoms with Gasteiger partial charge in [-0.05, 0) is 24.5 Å². The van der Waals surface area contributed by atoms with Gasteiger partial charge in [0.1, 0.15) is 0 Å². The van der Waals surface area contributed by atoms with Gasteiger partial charge in [-0.25, -0.2) is 9.79 Å². The quantitative estimate of drug-likeness (QED) is 0.380. The highest BCUT2D eigenvalue weighted by molar-refractivity contribution is 8.13. The average Bonchev–Trinajstić information content (AvgIpc) is 2.46. The number of aromatic carboxylic acids is 1. The van der Waals surface area contributed by atoms with Crippen molar-refractivity contribution in [1.29, 1.82) is 5.26 Å². The first-order valence-corrected chi connectivity index (χ1v) is 6.78. The lowest BCUT2D eigenvalue weighted by Crippen LogP contribution is -2.12. The molecule has 1 aromatic carbocycles. The van der Waals surface area contributed by atoms with Gasteiger partial charge < -0.3 is 5.11 Å². The Balaban J connectivity index is 2.61. The summed E-state index contributed by atoms with van der Waals surface area (Å²) in [6.45, 7) is 0. The predicted molar refractivity (Wildman–Crippen MR) is 78.1 cm³/mol. The number of rotatable bonds is 2. The van der Waals surface area contributed by atoms with Gasteiger partial charge in [0.15, 0.2) is 11.4 Å². The van der Waals surface area contributed by atoms with Crippen LogP contribution in [0, 0.1) is 11.5 Å². The van der Waals surface area contributed by atoms with Crippen LogP contribution >= 0.6 is 11.8 Å². The number of hydrogen-bond acceptors (Lipinski definition) is 5. The number of nitrogens with one attached hydrogen (secondary N) is 1. The Kier molecular flexibility index (Phi) is 4.17. The number of carbonyl (C=O) groups is 1. The molecule has 0 aliphatic rings. The Morgan fingerprint density at radius 2 is 2.35 bits per heavy atom. The molecule has 0 spiro atoms. The second-order valence-corrected chi connectivity index (χ2v) is 4.53. The summed E-state index contributed by atoms with van der Waals surface area (Å²) in [6, 6.07) is 6.81. The second kappa shape index (κ2) is 6.04. The van der Waals surface area contributed by atoms with Crippen LogP contribution in [0.5, 0.6) is 0 Å². The minimum atomic E-state index is -1.04. The summed E-state index contributed by atoms with van der Waals surface area (Å²) in [4.78, 5) is 19.4. The number of aromatic nitrogens is 1. The fraction of sp³-hybridized carbons (Fsp3) is 0.0769. The molecule has 2 aromatic rings. The topological polar surface area (TPSA) is 98.4 Å². The molecule has 0 unspecified atom stereocenters. The van der Waals surface area contributed by atoms with Crippen molar-refractivity contribution in [3.05, 3.63) is 36.0 Å². The molecule has 0 amide bonds. The minimum absolute atomic E-state index is 0.0964. The summed E-state index contributed by atoms with van der Waals surface area (Å²) in [5.74, 6) is -1.04. The molecule has 0 atom stereocenters. The molecular formula is C13H10N4O2S. The number of thioether (sulfide) groups is 1. The molecule has 0 saturated carbocycles. The third-order valence-corrected chi connectivity index (χ3v) is 3.11. The molecule has 0 fully saturated rings. The van der Waals surface area contributed by atoms with Crippen LogP contribution in [0.1, 0.15) is 10.4 Å². The monoisotopic (exact) mass is 286 g/mol. The average molecular weight is 286 g/mol. The van der Waals surface area contributed by atoms with E-state index in [1.807, 2.05) is 0 Å². The van der Waals surface area contributed by atoms with E-state index < -0.39 is 5.97 Å². The van der Waals surface area contributed by atoms with Crippen LogP contribution in [0.15, 0.2) is 35.5 Å². The summed E-state index contributed by atoms with van der Waals surface area (Å²) in [6.07, 6.45) is 4.90. The van der Waals surface area contributed by atoms with Crippen LogP contribution in [-0.4, -0.2) is 27.5 Å². The number of hydrogen-bond donors (Lipinski definition) is 2. The van der Waals surface area contributed by atoms with Crippen molar-refractivity contribution in [2.75, 3.05) is 6.26 Å². The Morgan fingerprint density at radius 3 is 3.00 bits per heavy atom. The molecule has 6 nitrogen and oxygen atoms in total. The van der Waals surface area contributed by atoms with Crippen molar-refractivity contribution in [2.24, 2.45) is 4.99 Å². The summed E-state index contributed by atoms with van der Waals surface area (Å²) in [5.41, 5.74) is 1.30. The van der Waals surface area contributed by atoms with Crippen LogP contribution < -0.4 is 5.32 Å². The summed E-state index contributed by atoms with van der Waals surface area (Å²) in [5, 5.41) is 21.2. The lowest BCUT2D eigenvalue weighted by molar-refractivity contribution is 0.0696. The van der Waals surface area contributed by atoms with Gasteiger partial charge in [-0.3, -0.25) is 10.3 Å². The van der Waals surface area contributed by atoms with Crippen molar-refractivity contribution in [3.8, 4) is 6.19 Å². The predicted octanol–water partition coefficient (Wildman–Crippen LogP) is 2.35. The number of nitriles is 1. The van der Waals surface area contributed by atoms with Gasteiger partial charge in [0.05, 0.1) is 16.8 Å². The number of pyridine rings is 1. The van der Waals surface area contributed by atoms with Crippen LogP contribution in [0.3, 0.4) is 0 Å². The van der Waals surface area contributed by atoms with E-state index in [0.717, 1.165) is 0 Å². The summed E-state index contributed by atoms with van der Waals surface area (Å²) >= 11 is 1.29. The fourth-order valence-electron chi connectivity index (χ4n) is 1.63. The Labute approximate surface area is 119 Å². The molecule has 20 heavy (non-hydrogen) atoms. The zero-order valence-electron chi connectivity index (χ0n) is 10.5. The SMILES string of the molecule is CSC(=Nc1cccc2ncc(C(=O)O)cc12)NC#N. The third kappa shape index (κ3) is 2.87. The van der Waals surface area contributed by atoms with Gasteiger partial charge in [-0.1, -0.05) is 17.8 Å². The van der Waals surface area contributed by atoms with E-state index >= 15 is 0 Å². The highest BCUT2D eigenvalue weighted by atomic mass is 32.2. The van der Waals surface area contributed by atoms with E-state index in [1.165, 1.54) is 24.0 Å². The van der Waals surface area contributed by atoms with Crippen molar-refractivity contribution in [2.45, 2.75) is 0 Å². The first-order valence-electron chi connectivity index (χ1n) is 5.55. The number of nitrogens with zero attached hydrogens (tertiary/aromatic N) is 3. The Hall–Kier alpha value is -2.59. The van der Waals surface area contributed by atoms with Gasteiger partial charge in [-0.2, -0.15) is 5.26 Å². The highest BCUT2D eigenvalue weighted by Gasteiger charge is 2.08. The van der Waals surface area contributed by atoms with Gasteiger partial charge in [-0.15, -0.1) is 0 Å². The minimum Gasteiger partial charge on any atom is -0.478 e. The molecule has 100 valence electrons. The van der Waals surface area contributed by atoms with Crippen molar-refractivity contribution in [1.82, 2.24) is 10.3 Å². The molecule has 7 heteroatoms. The normalized spacial score (nSPS) is 11.1. The van der Waals surface area contributed by atoms with E-state index in [-0.39, 0.29) is 5.56 Å². The zero-order valence-corrected chi connectivity index (χ0v) is 11.3. The number of carboxylic acid groups (broad SMARTS) is 1. The molecule has 0 saturated heterocycles. The Bertz CT molecular complexity index is 737. The van der Waals surface area contributed by atoms with Crippen LogP contribution in [0.2, 0.25) is 0 Å². The largest absolute Gasteiger partial charge is 0.478 e. The highest BCUT2D eigenvalue weighted by Crippen LogP contribution is 2.26. The number of fused-ring (bicyclic) bond motifs is 1. The van der Waals surface area contributed by atoms with E-state index in [2.05, 4.69) is 15.3 Å². The summed E-state index contributed by atoms with van der Waals surface area (Å²) in [7, 11) is 0. The maximum absolute atomic E-state index is 11.0. The smallest absolute Gasteiger partial charge is 0.337 e. The molecule has 2 N–H and O–H groups in total. The van der Waals surface area contributed by atoms with Gasteiger partial charge in [0, 0.05) is 11.6 Å². The molecule has 1 aromatic heterocycles. The fourth-order valence-corrected chi connectivity index (χ4v) is 1.97. The first-order chi connectivity index (χ1) is 9.65. The van der Waals surface area contributed by atoms with E-state index in [0.29, 0.717) is 21.8 Å². The molecule has 2 rings (SSSR count). The standard InChI is InChI=1S/C13H10N4O2S/c1-20-13(16-7-14)17-11-4-2-3-10-9(11)5-8(6-15-10)12(18)19/h2-6H,1H3,(H,16,17)(H,18,19). The van der Waals surface area contributed by atoms with Crippen molar-refractivity contribution < 1.29 is 9.90 Å².